The largest absolute Gasteiger partial charge is 0.387 e. The van der Waals surface area contributed by atoms with Crippen LogP contribution in [0.2, 0.25) is 0 Å². The molecular formula is C19H16N6OS. The summed E-state index contributed by atoms with van der Waals surface area (Å²) in [5.41, 5.74) is 7.35. The van der Waals surface area contributed by atoms with Crippen LogP contribution in [0, 0.1) is 0 Å². The lowest BCUT2D eigenvalue weighted by molar-refractivity contribution is -0.115. The first kappa shape index (κ1) is 17.2. The summed E-state index contributed by atoms with van der Waals surface area (Å²) in [5.74, 6) is 0.0602. The number of aliphatic imine (C=N–C) groups is 1. The minimum atomic E-state index is -0.317. The second-order valence-corrected chi connectivity index (χ2v) is 6.80. The van der Waals surface area contributed by atoms with Gasteiger partial charge in [0.1, 0.15) is 5.84 Å². The molecule has 8 heteroatoms. The van der Waals surface area contributed by atoms with Gasteiger partial charge in [-0.05, 0) is 17.5 Å². The topological polar surface area (TPSA) is 98.5 Å². The van der Waals surface area contributed by atoms with Crippen LogP contribution < -0.4 is 5.73 Å². The van der Waals surface area contributed by atoms with Crippen molar-refractivity contribution in [1.82, 2.24) is 19.6 Å². The summed E-state index contributed by atoms with van der Waals surface area (Å²) >= 11 is 1.28. The third-order valence-corrected chi connectivity index (χ3v) is 4.99. The minimum absolute atomic E-state index is 0.123. The third-order valence-electron chi connectivity index (χ3n) is 4.08. The smallest absolute Gasteiger partial charge is 0.257 e. The molecule has 0 atom stereocenters. The van der Waals surface area contributed by atoms with Gasteiger partial charge in [-0.25, -0.2) is 0 Å². The molecule has 2 N–H and O–H groups in total. The van der Waals surface area contributed by atoms with Gasteiger partial charge in [-0.1, -0.05) is 36.0 Å². The molecule has 4 rings (SSSR count). The van der Waals surface area contributed by atoms with E-state index in [0.717, 1.165) is 21.7 Å². The number of carbonyl (C=O) groups excluding carboxylic acids is 1. The van der Waals surface area contributed by atoms with Crippen LogP contribution in [0.4, 0.5) is 0 Å². The van der Waals surface area contributed by atoms with E-state index in [4.69, 9.17) is 5.73 Å². The summed E-state index contributed by atoms with van der Waals surface area (Å²) in [6.45, 7) is 3.58. The number of pyridine rings is 2. The van der Waals surface area contributed by atoms with E-state index in [-0.39, 0.29) is 17.5 Å². The Balaban J connectivity index is 1.78. The van der Waals surface area contributed by atoms with Crippen LogP contribution in [0.1, 0.15) is 6.42 Å². The molecule has 134 valence electrons. The predicted octanol–water partition coefficient (Wildman–Crippen LogP) is 2.98. The normalized spacial score (nSPS) is 12.1. The summed E-state index contributed by atoms with van der Waals surface area (Å²) in [5, 5.41) is 12.3. The average Bonchev–Trinajstić information content (AvgIpc) is 3.11. The molecule has 3 heterocycles. The van der Waals surface area contributed by atoms with Gasteiger partial charge in [-0.3, -0.25) is 14.2 Å². The number of rotatable bonds is 5. The van der Waals surface area contributed by atoms with Crippen LogP contribution in [0.25, 0.3) is 27.3 Å². The Labute approximate surface area is 159 Å². The van der Waals surface area contributed by atoms with Crippen LogP contribution >= 0.6 is 11.8 Å². The number of thioether (sulfide) groups is 1. The first-order valence-corrected chi connectivity index (χ1v) is 9.26. The van der Waals surface area contributed by atoms with Gasteiger partial charge >= 0.3 is 0 Å². The predicted molar refractivity (Wildman–Crippen MR) is 108 cm³/mol. The molecule has 1 amide bonds. The number of carbonyl (C=O) groups is 1. The highest BCUT2D eigenvalue weighted by Crippen LogP contribution is 2.30. The van der Waals surface area contributed by atoms with Gasteiger partial charge in [0, 0.05) is 29.6 Å². The standard InChI is InChI=1S/C19H16N6OS/c1-2-5-16(20)22-17(26)11-27-19-24-23-18-14-10-21-9-8-12(14)13-6-3-4-7-15(13)25(18)19/h2-4,6-10H,1,5,11H2,(H2,20,22,26). The zero-order chi connectivity index (χ0) is 18.8. The highest BCUT2D eigenvalue weighted by molar-refractivity contribution is 7.99. The lowest BCUT2D eigenvalue weighted by Gasteiger charge is -2.08. The molecule has 0 aliphatic heterocycles. The van der Waals surface area contributed by atoms with E-state index >= 15 is 0 Å². The van der Waals surface area contributed by atoms with E-state index < -0.39 is 0 Å². The second kappa shape index (κ2) is 7.16. The molecule has 1 aromatic carbocycles. The minimum Gasteiger partial charge on any atom is -0.387 e. The molecule has 4 aromatic rings. The number of hydrogen-bond donors (Lipinski definition) is 1. The molecule has 27 heavy (non-hydrogen) atoms. The molecule has 0 aliphatic rings. The van der Waals surface area contributed by atoms with Crippen molar-refractivity contribution < 1.29 is 4.79 Å². The van der Waals surface area contributed by atoms with E-state index in [1.54, 1.807) is 18.5 Å². The van der Waals surface area contributed by atoms with E-state index in [1.807, 2.05) is 28.7 Å². The van der Waals surface area contributed by atoms with Crippen LogP contribution in [-0.2, 0) is 4.79 Å². The molecule has 0 unspecified atom stereocenters. The third kappa shape index (κ3) is 3.15. The zero-order valence-electron chi connectivity index (χ0n) is 14.4. The Morgan fingerprint density at radius 2 is 2.07 bits per heavy atom. The van der Waals surface area contributed by atoms with Gasteiger partial charge in [0.2, 0.25) is 0 Å². The molecule has 0 saturated heterocycles. The number of nitrogens with two attached hydrogens (primary N) is 1. The lowest BCUT2D eigenvalue weighted by Crippen LogP contribution is -2.14. The van der Waals surface area contributed by atoms with Crippen molar-refractivity contribution in [3.63, 3.8) is 0 Å². The van der Waals surface area contributed by atoms with Crippen LogP contribution in [-0.4, -0.2) is 37.1 Å². The monoisotopic (exact) mass is 376 g/mol. The number of aromatic nitrogens is 4. The van der Waals surface area contributed by atoms with E-state index in [1.165, 1.54) is 11.8 Å². The number of nitrogens with zero attached hydrogens (tertiary/aromatic N) is 5. The fraction of sp³-hybridized carbons (Fsp3) is 0.105. The van der Waals surface area contributed by atoms with Gasteiger partial charge < -0.3 is 5.73 Å². The van der Waals surface area contributed by atoms with E-state index in [0.29, 0.717) is 17.2 Å². The van der Waals surface area contributed by atoms with Gasteiger partial charge in [0.15, 0.2) is 10.8 Å². The Morgan fingerprint density at radius 3 is 2.93 bits per heavy atom. The summed E-state index contributed by atoms with van der Waals surface area (Å²) < 4.78 is 1.95. The highest BCUT2D eigenvalue weighted by atomic mass is 32.2. The van der Waals surface area contributed by atoms with Crippen LogP contribution in [0.15, 0.2) is 65.5 Å². The summed E-state index contributed by atoms with van der Waals surface area (Å²) in [6.07, 6.45) is 5.54. The quantitative estimate of drug-likeness (QED) is 0.189. The number of fused-ring (bicyclic) bond motifs is 6. The Bertz CT molecular complexity index is 1210. The first-order chi connectivity index (χ1) is 13.2. The Kier molecular flexibility index (Phi) is 4.55. The lowest BCUT2D eigenvalue weighted by atomic mass is 10.1. The number of amidine groups is 1. The molecule has 3 aromatic heterocycles. The van der Waals surface area contributed by atoms with Gasteiger partial charge in [-0.15, -0.1) is 16.8 Å². The Morgan fingerprint density at radius 1 is 1.22 bits per heavy atom. The number of amides is 1. The maximum absolute atomic E-state index is 12.0. The van der Waals surface area contributed by atoms with Gasteiger partial charge in [0.05, 0.1) is 11.3 Å². The Hall–Kier alpha value is -3.26. The van der Waals surface area contributed by atoms with Crippen molar-refractivity contribution in [2.75, 3.05) is 5.75 Å². The number of para-hydroxylation sites is 1. The molecule has 0 bridgehead atoms. The molecular weight excluding hydrogens is 360 g/mol. The second-order valence-electron chi connectivity index (χ2n) is 5.86. The average molecular weight is 376 g/mol. The van der Waals surface area contributed by atoms with Gasteiger partial charge in [0.25, 0.3) is 5.91 Å². The van der Waals surface area contributed by atoms with Crippen molar-refractivity contribution in [1.29, 1.82) is 0 Å². The zero-order valence-corrected chi connectivity index (χ0v) is 15.2. The molecule has 0 spiro atoms. The van der Waals surface area contributed by atoms with Crippen LogP contribution in [0.5, 0.6) is 0 Å². The van der Waals surface area contributed by atoms with Crippen molar-refractivity contribution in [2.45, 2.75) is 11.6 Å². The van der Waals surface area contributed by atoms with Crippen LogP contribution in [0.3, 0.4) is 0 Å². The van der Waals surface area contributed by atoms with Crippen molar-refractivity contribution in [3.8, 4) is 0 Å². The fourth-order valence-electron chi connectivity index (χ4n) is 2.97. The van der Waals surface area contributed by atoms with E-state index in [9.17, 15) is 4.79 Å². The van der Waals surface area contributed by atoms with E-state index in [2.05, 4.69) is 32.8 Å². The maximum atomic E-state index is 12.0. The SMILES string of the molecule is C=CCC(N)=NC(=O)CSc1nnc2c3cnccc3c3ccccc3n12. The summed E-state index contributed by atoms with van der Waals surface area (Å²) in [6, 6.07) is 9.99. The molecule has 0 fully saturated rings. The number of benzene rings is 1. The molecule has 7 nitrogen and oxygen atoms in total. The first-order valence-electron chi connectivity index (χ1n) is 8.28. The van der Waals surface area contributed by atoms with Crippen molar-refractivity contribution in [3.05, 3.63) is 55.4 Å². The maximum Gasteiger partial charge on any atom is 0.257 e. The van der Waals surface area contributed by atoms with Crippen molar-refractivity contribution >= 4 is 50.8 Å². The molecule has 0 radical (unpaired) electrons. The molecule has 0 saturated carbocycles. The highest BCUT2D eigenvalue weighted by Gasteiger charge is 2.15. The number of hydrogen-bond acceptors (Lipinski definition) is 5. The molecule has 0 aliphatic carbocycles. The summed E-state index contributed by atoms with van der Waals surface area (Å²) in [4.78, 5) is 20.1. The summed E-state index contributed by atoms with van der Waals surface area (Å²) in [7, 11) is 0. The van der Waals surface area contributed by atoms with Crippen molar-refractivity contribution in [2.24, 2.45) is 10.7 Å². The van der Waals surface area contributed by atoms with Gasteiger partial charge in [-0.2, -0.15) is 4.99 Å². The fourth-order valence-corrected chi connectivity index (χ4v) is 3.70.